The van der Waals surface area contributed by atoms with Gasteiger partial charge in [0, 0.05) is 12.2 Å². The van der Waals surface area contributed by atoms with E-state index >= 15 is 0 Å². The predicted octanol–water partition coefficient (Wildman–Crippen LogP) is 4.24. The van der Waals surface area contributed by atoms with E-state index in [1.165, 1.54) is 5.56 Å². The van der Waals surface area contributed by atoms with E-state index in [-0.39, 0.29) is 5.97 Å². The molecule has 4 heteroatoms. The Morgan fingerprint density at radius 2 is 1.83 bits per heavy atom. The smallest absolute Gasteiger partial charge is 0.340 e. The summed E-state index contributed by atoms with van der Waals surface area (Å²) in [5.74, 6) is -0.294. The third-order valence-electron chi connectivity index (χ3n) is 3.98. The van der Waals surface area contributed by atoms with Gasteiger partial charge in [0.25, 0.3) is 0 Å². The van der Waals surface area contributed by atoms with E-state index in [0.29, 0.717) is 12.2 Å². The lowest BCUT2D eigenvalue weighted by Crippen LogP contribution is -2.28. The van der Waals surface area contributed by atoms with Gasteiger partial charge in [-0.3, -0.25) is 0 Å². The van der Waals surface area contributed by atoms with Gasteiger partial charge in [-0.05, 0) is 49.8 Å². The molecule has 0 aliphatic carbocycles. The van der Waals surface area contributed by atoms with Crippen molar-refractivity contribution in [2.45, 2.75) is 20.8 Å². The number of likely N-dealkylation sites (N-methyl/N-ethyl adjacent to an activating group) is 1. The molecule has 1 N–H and O–H groups in total. The molecule has 2 aromatic carbocycles. The Hall–Kier alpha value is -2.33. The second kappa shape index (κ2) is 9.08. The van der Waals surface area contributed by atoms with Gasteiger partial charge in [0.15, 0.2) is 0 Å². The highest BCUT2D eigenvalue weighted by atomic mass is 16.5. The summed E-state index contributed by atoms with van der Waals surface area (Å²) in [6.45, 7) is 9.32. The molecule has 0 aliphatic rings. The minimum Gasteiger partial charge on any atom is -0.461 e. The molecule has 2 rings (SSSR count). The molecule has 0 spiro atoms. The minimum absolute atomic E-state index is 0.294. The Morgan fingerprint density at radius 1 is 1.08 bits per heavy atom. The van der Waals surface area contributed by atoms with Gasteiger partial charge in [-0.15, -0.1) is 0 Å². The first-order valence-electron chi connectivity index (χ1n) is 8.46. The summed E-state index contributed by atoms with van der Waals surface area (Å²) < 4.78 is 5.44. The molecular weight excluding hydrogens is 300 g/mol. The number of hydrogen-bond acceptors (Lipinski definition) is 4. The summed E-state index contributed by atoms with van der Waals surface area (Å²) >= 11 is 0. The first-order valence-corrected chi connectivity index (χ1v) is 8.46. The lowest BCUT2D eigenvalue weighted by atomic mass is 10.1. The SMILES string of the molecule is CCN(CC)CCOC(=O)c1ccccc1Nc1cccc(C)c1. The maximum atomic E-state index is 12.4. The molecule has 0 amide bonds. The van der Waals surface area contributed by atoms with Gasteiger partial charge in [-0.2, -0.15) is 0 Å². The molecule has 0 atom stereocenters. The van der Waals surface area contributed by atoms with E-state index in [1.54, 1.807) is 6.07 Å². The zero-order chi connectivity index (χ0) is 17.4. The Morgan fingerprint density at radius 3 is 2.54 bits per heavy atom. The van der Waals surface area contributed by atoms with Crippen LogP contribution in [0.5, 0.6) is 0 Å². The Labute approximate surface area is 144 Å². The van der Waals surface area contributed by atoms with E-state index in [2.05, 4.69) is 24.1 Å². The maximum Gasteiger partial charge on any atom is 0.340 e. The predicted molar refractivity (Wildman–Crippen MR) is 99.0 cm³/mol. The maximum absolute atomic E-state index is 12.4. The van der Waals surface area contributed by atoms with Crippen molar-refractivity contribution in [1.82, 2.24) is 4.90 Å². The summed E-state index contributed by atoms with van der Waals surface area (Å²) in [6.07, 6.45) is 0. The molecule has 128 valence electrons. The molecule has 0 heterocycles. The number of aryl methyl sites for hydroxylation is 1. The van der Waals surface area contributed by atoms with E-state index in [4.69, 9.17) is 4.74 Å². The van der Waals surface area contributed by atoms with Gasteiger partial charge in [0.05, 0.1) is 11.3 Å². The number of nitrogens with zero attached hydrogens (tertiary/aromatic N) is 1. The molecule has 0 radical (unpaired) electrons. The van der Waals surface area contributed by atoms with Gasteiger partial charge < -0.3 is 15.0 Å². The molecule has 0 aliphatic heterocycles. The number of esters is 1. The summed E-state index contributed by atoms with van der Waals surface area (Å²) in [7, 11) is 0. The first kappa shape index (κ1) is 18.0. The lowest BCUT2D eigenvalue weighted by Gasteiger charge is -2.18. The van der Waals surface area contributed by atoms with Crippen molar-refractivity contribution in [3.05, 3.63) is 59.7 Å². The third kappa shape index (κ3) is 5.10. The molecule has 4 nitrogen and oxygen atoms in total. The highest BCUT2D eigenvalue weighted by Crippen LogP contribution is 2.22. The van der Waals surface area contributed by atoms with Crippen molar-refractivity contribution < 1.29 is 9.53 Å². The van der Waals surface area contributed by atoms with Crippen molar-refractivity contribution >= 4 is 17.3 Å². The van der Waals surface area contributed by atoms with Crippen LogP contribution in [0.25, 0.3) is 0 Å². The zero-order valence-corrected chi connectivity index (χ0v) is 14.7. The van der Waals surface area contributed by atoms with Crippen molar-refractivity contribution in [1.29, 1.82) is 0 Å². The largest absolute Gasteiger partial charge is 0.461 e. The van der Waals surface area contributed by atoms with Crippen LogP contribution in [0, 0.1) is 6.92 Å². The molecular formula is C20H26N2O2. The number of nitrogens with one attached hydrogen (secondary N) is 1. The fraction of sp³-hybridized carbons (Fsp3) is 0.350. The van der Waals surface area contributed by atoms with Crippen LogP contribution in [-0.2, 0) is 4.74 Å². The van der Waals surface area contributed by atoms with E-state index in [0.717, 1.165) is 31.0 Å². The van der Waals surface area contributed by atoms with E-state index in [1.807, 2.05) is 49.4 Å². The average Bonchev–Trinajstić information content (AvgIpc) is 2.59. The molecule has 2 aromatic rings. The lowest BCUT2D eigenvalue weighted by molar-refractivity contribution is 0.0467. The second-order valence-electron chi connectivity index (χ2n) is 5.70. The minimum atomic E-state index is -0.294. The Balaban J connectivity index is 2.03. The quantitative estimate of drug-likeness (QED) is 0.737. The number of para-hydroxylation sites is 1. The molecule has 24 heavy (non-hydrogen) atoms. The van der Waals surface area contributed by atoms with Crippen molar-refractivity contribution in [3.63, 3.8) is 0 Å². The van der Waals surface area contributed by atoms with Gasteiger partial charge in [0.2, 0.25) is 0 Å². The summed E-state index contributed by atoms with van der Waals surface area (Å²) in [5, 5.41) is 3.30. The fourth-order valence-electron chi connectivity index (χ4n) is 2.53. The number of rotatable bonds is 8. The number of hydrogen-bond donors (Lipinski definition) is 1. The summed E-state index contributed by atoms with van der Waals surface area (Å²) in [6, 6.07) is 15.5. The van der Waals surface area contributed by atoms with Crippen LogP contribution in [0.3, 0.4) is 0 Å². The number of anilines is 2. The van der Waals surface area contributed by atoms with Gasteiger partial charge >= 0.3 is 5.97 Å². The van der Waals surface area contributed by atoms with Crippen LogP contribution in [-0.4, -0.2) is 37.1 Å². The van der Waals surface area contributed by atoms with Crippen LogP contribution in [0.2, 0.25) is 0 Å². The molecule has 0 bridgehead atoms. The van der Waals surface area contributed by atoms with Gasteiger partial charge in [-0.25, -0.2) is 4.79 Å². The van der Waals surface area contributed by atoms with Gasteiger partial charge in [-0.1, -0.05) is 38.1 Å². The number of carbonyl (C=O) groups is 1. The summed E-state index contributed by atoms with van der Waals surface area (Å²) in [4.78, 5) is 14.6. The van der Waals surface area contributed by atoms with Crippen molar-refractivity contribution in [2.24, 2.45) is 0 Å². The monoisotopic (exact) mass is 326 g/mol. The number of carbonyl (C=O) groups excluding carboxylic acids is 1. The van der Waals surface area contributed by atoms with Crippen LogP contribution in [0.4, 0.5) is 11.4 Å². The highest BCUT2D eigenvalue weighted by Gasteiger charge is 2.13. The molecule has 0 saturated carbocycles. The molecule has 0 fully saturated rings. The second-order valence-corrected chi connectivity index (χ2v) is 5.70. The van der Waals surface area contributed by atoms with Crippen LogP contribution in [0.1, 0.15) is 29.8 Å². The van der Waals surface area contributed by atoms with Crippen LogP contribution >= 0.6 is 0 Å². The van der Waals surface area contributed by atoms with Gasteiger partial charge in [0.1, 0.15) is 6.61 Å². The topological polar surface area (TPSA) is 41.6 Å². The van der Waals surface area contributed by atoms with Crippen molar-refractivity contribution in [2.75, 3.05) is 31.6 Å². The van der Waals surface area contributed by atoms with E-state index < -0.39 is 0 Å². The first-order chi connectivity index (χ1) is 11.6. The Bertz CT molecular complexity index is 666. The van der Waals surface area contributed by atoms with Crippen LogP contribution in [0.15, 0.2) is 48.5 Å². The number of ether oxygens (including phenoxy) is 1. The normalized spacial score (nSPS) is 10.7. The summed E-state index contributed by atoms with van der Waals surface area (Å²) in [5.41, 5.74) is 3.44. The average molecular weight is 326 g/mol. The Kier molecular flexibility index (Phi) is 6.82. The third-order valence-corrected chi connectivity index (χ3v) is 3.98. The fourth-order valence-corrected chi connectivity index (χ4v) is 2.53. The van der Waals surface area contributed by atoms with E-state index in [9.17, 15) is 4.79 Å². The molecule has 0 unspecified atom stereocenters. The highest BCUT2D eigenvalue weighted by molar-refractivity contribution is 5.96. The molecule has 0 aromatic heterocycles. The number of benzene rings is 2. The van der Waals surface area contributed by atoms with Crippen LogP contribution < -0.4 is 5.32 Å². The standard InChI is InChI=1S/C20H26N2O2/c1-4-22(5-2)13-14-24-20(23)18-11-6-7-12-19(18)21-17-10-8-9-16(3)15-17/h6-12,15,21H,4-5,13-14H2,1-3H3. The zero-order valence-electron chi connectivity index (χ0n) is 14.7. The van der Waals surface area contributed by atoms with Crippen molar-refractivity contribution in [3.8, 4) is 0 Å². The molecule has 0 saturated heterocycles.